The fraction of sp³-hybridized carbons (Fsp3) is 0.667. The molecule has 0 aromatic heterocycles. The third kappa shape index (κ3) is 0.894. The molecule has 3 unspecified atom stereocenters. The predicted molar refractivity (Wildman–Crippen MR) is 44.4 cm³/mol. The fourth-order valence-electron chi connectivity index (χ4n) is 2.29. The summed E-state index contributed by atoms with van der Waals surface area (Å²) in [7, 11) is 0. The lowest BCUT2D eigenvalue weighted by atomic mass is 9.97. The molecule has 2 saturated heterocycles. The number of carbonyl (C=O) groups excluding carboxylic acids is 1. The highest BCUT2D eigenvalue weighted by Gasteiger charge is 2.44. The van der Waals surface area contributed by atoms with Gasteiger partial charge in [0.2, 0.25) is 5.91 Å². The summed E-state index contributed by atoms with van der Waals surface area (Å²) in [5.74, 6) is 0.278. The maximum atomic E-state index is 11.2. The third-order valence-electron chi connectivity index (χ3n) is 2.92. The molecule has 0 radical (unpaired) electrons. The van der Waals surface area contributed by atoms with E-state index >= 15 is 0 Å². The van der Waals surface area contributed by atoms with Crippen molar-refractivity contribution < 1.29 is 9.90 Å². The predicted octanol–water partition coefficient (Wildman–Crippen LogP) is 0.154. The molecule has 2 aliphatic heterocycles. The average Bonchev–Trinajstić information content (AvgIpc) is 2.52. The van der Waals surface area contributed by atoms with Gasteiger partial charge in [-0.3, -0.25) is 4.79 Å². The van der Waals surface area contributed by atoms with Crippen LogP contribution < -0.4 is 0 Å². The second-order valence-electron chi connectivity index (χ2n) is 3.53. The first-order valence-corrected chi connectivity index (χ1v) is 4.34. The van der Waals surface area contributed by atoms with Crippen LogP contribution in [-0.2, 0) is 4.79 Å². The average molecular weight is 167 g/mol. The number of carbonyl (C=O) groups is 1. The van der Waals surface area contributed by atoms with Gasteiger partial charge >= 0.3 is 0 Å². The summed E-state index contributed by atoms with van der Waals surface area (Å²) in [5, 5.41) is 9.55. The van der Waals surface area contributed by atoms with E-state index in [9.17, 15) is 9.90 Å². The van der Waals surface area contributed by atoms with Crippen molar-refractivity contribution in [1.82, 2.24) is 4.90 Å². The molecule has 2 rings (SSSR count). The Labute approximate surface area is 71.7 Å². The van der Waals surface area contributed by atoms with Crippen LogP contribution in [0.15, 0.2) is 12.7 Å². The molecule has 0 spiro atoms. The molecule has 12 heavy (non-hydrogen) atoms. The van der Waals surface area contributed by atoms with Gasteiger partial charge in [-0.05, 0) is 6.42 Å². The molecule has 66 valence electrons. The van der Waals surface area contributed by atoms with Gasteiger partial charge in [-0.25, -0.2) is 0 Å². The molecule has 1 amide bonds. The van der Waals surface area contributed by atoms with E-state index < -0.39 is 6.10 Å². The third-order valence-corrected chi connectivity index (χ3v) is 2.92. The molecule has 2 aliphatic rings. The zero-order valence-corrected chi connectivity index (χ0v) is 6.94. The Morgan fingerprint density at radius 3 is 3.08 bits per heavy atom. The van der Waals surface area contributed by atoms with Crippen LogP contribution >= 0.6 is 0 Å². The monoisotopic (exact) mass is 167 g/mol. The summed E-state index contributed by atoms with van der Waals surface area (Å²) in [6.45, 7) is 4.18. The van der Waals surface area contributed by atoms with Crippen LogP contribution in [0.25, 0.3) is 0 Å². The standard InChI is InChI=1S/C9H13NO2/c1-2-6-7-3-4-9(12)10(7)5-8(6)11/h2,6-8,11H,1,3-5H2. The highest BCUT2D eigenvalue weighted by Crippen LogP contribution is 2.34. The zero-order chi connectivity index (χ0) is 8.72. The molecule has 3 heteroatoms. The second kappa shape index (κ2) is 2.59. The quantitative estimate of drug-likeness (QED) is 0.565. The van der Waals surface area contributed by atoms with E-state index in [2.05, 4.69) is 6.58 Å². The lowest BCUT2D eigenvalue weighted by molar-refractivity contribution is -0.128. The van der Waals surface area contributed by atoms with Gasteiger partial charge in [-0.1, -0.05) is 6.08 Å². The van der Waals surface area contributed by atoms with Gasteiger partial charge in [0.05, 0.1) is 6.10 Å². The number of fused-ring (bicyclic) bond motifs is 1. The van der Waals surface area contributed by atoms with Gasteiger partial charge < -0.3 is 10.0 Å². The largest absolute Gasteiger partial charge is 0.391 e. The Bertz CT molecular complexity index is 225. The van der Waals surface area contributed by atoms with Gasteiger partial charge in [0.1, 0.15) is 0 Å². The first-order valence-electron chi connectivity index (χ1n) is 4.34. The van der Waals surface area contributed by atoms with Crippen LogP contribution in [0.2, 0.25) is 0 Å². The Morgan fingerprint density at radius 2 is 2.42 bits per heavy atom. The topological polar surface area (TPSA) is 40.5 Å². The maximum Gasteiger partial charge on any atom is 0.223 e. The van der Waals surface area contributed by atoms with Gasteiger partial charge in [0.25, 0.3) is 0 Å². The smallest absolute Gasteiger partial charge is 0.223 e. The Balaban J connectivity index is 2.20. The SMILES string of the molecule is C=CC1C(O)CN2C(=O)CCC12. The van der Waals surface area contributed by atoms with Crippen LogP contribution in [0.5, 0.6) is 0 Å². The Kier molecular flexibility index (Phi) is 1.68. The minimum absolute atomic E-state index is 0.0939. The van der Waals surface area contributed by atoms with Crippen LogP contribution in [0.3, 0.4) is 0 Å². The van der Waals surface area contributed by atoms with E-state index in [1.807, 2.05) is 0 Å². The number of aliphatic hydroxyl groups is 1. The van der Waals surface area contributed by atoms with Crippen molar-refractivity contribution in [2.45, 2.75) is 25.0 Å². The number of hydrogen-bond donors (Lipinski definition) is 1. The highest BCUT2D eigenvalue weighted by atomic mass is 16.3. The van der Waals surface area contributed by atoms with E-state index in [4.69, 9.17) is 0 Å². The molecule has 0 aliphatic carbocycles. The first kappa shape index (κ1) is 7.80. The van der Waals surface area contributed by atoms with E-state index in [1.165, 1.54) is 0 Å². The summed E-state index contributed by atoms with van der Waals surface area (Å²) < 4.78 is 0. The van der Waals surface area contributed by atoms with Crippen molar-refractivity contribution >= 4 is 5.91 Å². The number of nitrogens with zero attached hydrogens (tertiary/aromatic N) is 1. The Hall–Kier alpha value is -0.830. The van der Waals surface area contributed by atoms with Gasteiger partial charge in [-0.15, -0.1) is 6.58 Å². The van der Waals surface area contributed by atoms with Crippen molar-refractivity contribution in [3.8, 4) is 0 Å². The van der Waals surface area contributed by atoms with Gasteiger partial charge in [-0.2, -0.15) is 0 Å². The zero-order valence-electron chi connectivity index (χ0n) is 6.94. The van der Waals surface area contributed by atoms with Gasteiger partial charge in [0, 0.05) is 24.9 Å². The van der Waals surface area contributed by atoms with E-state index in [0.29, 0.717) is 13.0 Å². The van der Waals surface area contributed by atoms with E-state index in [-0.39, 0.29) is 17.9 Å². The van der Waals surface area contributed by atoms with Crippen LogP contribution in [0.1, 0.15) is 12.8 Å². The van der Waals surface area contributed by atoms with E-state index in [1.54, 1.807) is 11.0 Å². The summed E-state index contributed by atoms with van der Waals surface area (Å²) >= 11 is 0. The van der Waals surface area contributed by atoms with Crippen molar-refractivity contribution in [1.29, 1.82) is 0 Å². The minimum Gasteiger partial charge on any atom is -0.391 e. The number of hydrogen-bond acceptors (Lipinski definition) is 2. The summed E-state index contributed by atoms with van der Waals surface area (Å²) in [6.07, 6.45) is 2.90. The number of amides is 1. The molecule has 1 N–H and O–H groups in total. The molecule has 2 fully saturated rings. The van der Waals surface area contributed by atoms with Crippen molar-refractivity contribution in [2.24, 2.45) is 5.92 Å². The molecule has 3 nitrogen and oxygen atoms in total. The fourth-order valence-corrected chi connectivity index (χ4v) is 2.29. The molecule has 0 saturated carbocycles. The minimum atomic E-state index is -0.392. The van der Waals surface area contributed by atoms with Crippen molar-refractivity contribution in [2.75, 3.05) is 6.54 Å². The highest BCUT2D eigenvalue weighted by molar-refractivity contribution is 5.79. The van der Waals surface area contributed by atoms with Crippen LogP contribution in [0, 0.1) is 5.92 Å². The normalized spacial score (nSPS) is 40.2. The number of rotatable bonds is 1. The summed E-state index contributed by atoms with van der Waals surface area (Å²) in [5.41, 5.74) is 0. The second-order valence-corrected chi connectivity index (χ2v) is 3.53. The van der Waals surface area contributed by atoms with Crippen LogP contribution in [0.4, 0.5) is 0 Å². The first-order chi connectivity index (χ1) is 5.74. The van der Waals surface area contributed by atoms with Crippen molar-refractivity contribution in [3.05, 3.63) is 12.7 Å². The molecular weight excluding hydrogens is 154 g/mol. The Morgan fingerprint density at radius 1 is 1.67 bits per heavy atom. The number of aliphatic hydroxyl groups excluding tert-OH is 1. The molecule has 0 aromatic carbocycles. The summed E-state index contributed by atoms with van der Waals surface area (Å²) in [6, 6.07) is 0.227. The van der Waals surface area contributed by atoms with Gasteiger partial charge in [0.15, 0.2) is 0 Å². The molecule has 3 atom stereocenters. The summed E-state index contributed by atoms with van der Waals surface area (Å²) in [4.78, 5) is 13.0. The lowest BCUT2D eigenvalue weighted by Crippen LogP contribution is -2.28. The van der Waals surface area contributed by atoms with Crippen LogP contribution in [-0.4, -0.2) is 34.6 Å². The molecule has 2 heterocycles. The maximum absolute atomic E-state index is 11.2. The molecule has 0 aromatic rings. The molecular formula is C9H13NO2. The lowest BCUT2D eigenvalue weighted by Gasteiger charge is -2.16. The molecule has 0 bridgehead atoms. The van der Waals surface area contributed by atoms with Crippen molar-refractivity contribution in [3.63, 3.8) is 0 Å². The van der Waals surface area contributed by atoms with E-state index in [0.717, 1.165) is 6.42 Å².